The Morgan fingerprint density at radius 2 is 1.94 bits per heavy atom. The van der Waals surface area contributed by atoms with Crippen LogP contribution in [0.2, 0.25) is 0 Å². The first kappa shape index (κ1) is 11.6. The Morgan fingerprint density at radius 1 is 1.31 bits per heavy atom. The number of rotatable bonds is 4. The van der Waals surface area contributed by atoms with Crippen LogP contribution in [0.25, 0.3) is 5.57 Å². The van der Waals surface area contributed by atoms with Crippen molar-refractivity contribution < 1.29 is 4.79 Å². The average Bonchev–Trinajstić information content (AvgIpc) is 2.35. The highest BCUT2D eigenvalue weighted by atomic mass is 16.1. The lowest BCUT2D eigenvalue weighted by molar-refractivity contribution is 0.112. The van der Waals surface area contributed by atoms with Crippen LogP contribution in [0.3, 0.4) is 0 Å². The van der Waals surface area contributed by atoms with Crippen LogP contribution in [0.1, 0.15) is 15.9 Å². The monoisotopic (exact) mass is 210 g/mol. The molecule has 0 aromatic heterocycles. The molecule has 1 aromatic carbocycles. The van der Waals surface area contributed by atoms with E-state index in [1.165, 1.54) is 6.21 Å². The minimum Gasteiger partial charge on any atom is -0.298 e. The zero-order valence-corrected chi connectivity index (χ0v) is 8.68. The van der Waals surface area contributed by atoms with Crippen LogP contribution in [0, 0.1) is 11.3 Å². The minimum atomic E-state index is 0.130. The van der Waals surface area contributed by atoms with Crippen molar-refractivity contribution >= 4 is 18.1 Å². The van der Waals surface area contributed by atoms with Crippen molar-refractivity contribution in [2.24, 2.45) is 4.99 Å². The Bertz CT molecular complexity index is 490. The molecule has 0 aliphatic carbocycles. The van der Waals surface area contributed by atoms with Gasteiger partial charge in [0.15, 0.2) is 0 Å². The highest BCUT2D eigenvalue weighted by Crippen LogP contribution is 2.11. The van der Waals surface area contributed by atoms with Crippen LogP contribution in [0.4, 0.5) is 0 Å². The maximum Gasteiger partial charge on any atom is 0.150 e. The van der Waals surface area contributed by atoms with Crippen LogP contribution in [-0.2, 0) is 0 Å². The second kappa shape index (κ2) is 5.42. The molecule has 1 rings (SSSR count). The molecule has 0 unspecified atom stereocenters. The smallest absolute Gasteiger partial charge is 0.150 e. The molecule has 0 N–H and O–H groups in total. The van der Waals surface area contributed by atoms with Gasteiger partial charge in [0.2, 0.25) is 0 Å². The Labute approximate surface area is 94.1 Å². The third-order valence-corrected chi connectivity index (χ3v) is 1.92. The van der Waals surface area contributed by atoms with Gasteiger partial charge in [0.1, 0.15) is 18.1 Å². The van der Waals surface area contributed by atoms with E-state index in [0.29, 0.717) is 11.1 Å². The van der Waals surface area contributed by atoms with Gasteiger partial charge in [0.05, 0.1) is 0 Å². The van der Waals surface area contributed by atoms with E-state index in [9.17, 15) is 4.79 Å². The fourth-order valence-electron chi connectivity index (χ4n) is 1.04. The Kier molecular flexibility index (Phi) is 3.93. The molecule has 0 heterocycles. The summed E-state index contributed by atoms with van der Waals surface area (Å²) in [6, 6.07) is 8.74. The van der Waals surface area contributed by atoms with Gasteiger partial charge in [-0.2, -0.15) is 5.26 Å². The van der Waals surface area contributed by atoms with Crippen molar-refractivity contribution in [3.63, 3.8) is 0 Å². The van der Waals surface area contributed by atoms with E-state index in [2.05, 4.69) is 18.2 Å². The molecule has 0 aliphatic heterocycles. The number of nitriles is 1. The number of allylic oxidation sites excluding steroid dienone is 2. The topological polar surface area (TPSA) is 53.2 Å². The molecule has 0 spiro atoms. The molecule has 0 aliphatic rings. The second-order valence-electron chi connectivity index (χ2n) is 3.08. The van der Waals surface area contributed by atoms with E-state index in [4.69, 9.17) is 5.26 Å². The highest BCUT2D eigenvalue weighted by molar-refractivity contribution is 6.09. The van der Waals surface area contributed by atoms with Crippen molar-refractivity contribution in [1.29, 1.82) is 5.26 Å². The fraction of sp³-hybridized carbons (Fsp3) is 0. The molecule has 1 aromatic rings. The fourth-order valence-corrected chi connectivity index (χ4v) is 1.04. The van der Waals surface area contributed by atoms with E-state index in [1.807, 2.05) is 6.07 Å². The Morgan fingerprint density at radius 3 is 2.44 bits per heavy atom. The van der Waals surface area contributed by atoms with Gasteiger partial charge in [0.25, 0.3) is 0 Å². The number of aliphatic imine (C=N–C) groups is 1. The highest BCUT2D eigenvalue weighted by Gasteiger charge is 1.96. The average molecular weight is 210 g/mol. The lowest BCUT2D eigenvalue weighted by Gasteiger charge is -1.99. The standard InChI is InChI=1S/C13H10N2O/c1-10(8-15-11(2)7-14)13-5-3-12(9-16)4-6-13/h3-6,8-9H,1-2H2/b15-8+. The summed E-state index contributed by atoms with van der Waals surface area (Å²) >= 11 is 0. The van der Waals surface area contributed by atoms with Crippen LogP contribution in [-0.4, -0.2) is 12.5 Å². The second-order valence-corrected chi connectivity index (χ2v) is 3.08. The number of carbonyl (C=O) groups excluding carboxylic acids is 1. The van der Waals surface area contributed by atoms with Crippen molar-refractivity contribution in [3.8, 4) is 6.07 Å². The number of benzene rings is 1. The van der Waals surface area contributed by atoms with Gasteiger partial charge < -0.3 is 0 Å². The normalized spacial score (nSPS) is 9.69. The van der Waals surface area contributed by atoms with Gasteiger partial charge in [-0.3, -0.25) is 4.79 Å². The van der Waals surface area contributed by atoms with Gasteiger partial charge in [-0.25, -0.2) is 4.99 Å². The number of aldehydes is 1. The molecule has 0 amide bonds. The van der Waals surface area contributed by atoms with Crippen LogP contribution in [0.5, 0.6) is 0 Å². The SMILES string of the molecule is C=C(C#N)/N=C/C(=C)c1ccc(C=O)cc1. The molecule has 3 heteroatoms. The minimum absolute atomic E-state index is 0.130. The largest absolute Gasteiger partial charge is 0.298 e. The first-order chi connectivity index (χ1) is 7.67. The van der Waals surface area contributed by atoms with Crippen molar-refractivity contribution in [3.05, 3.63) is 54.2 Å². The molecule has 0 radical (unpaired) electrons. The number of hydrogen-bond donors (Lipinski definition) is 0. The molecular formula is C13H10N2O. The van der Waals surface area contributed by atoms with Crippen LogP contribution in [0.15, 0.2) is 48.1 Å². The summed E-state index contributed by atoms with van der Waals surface area (Å²) < 4.78 is 0. The summed E-state index contributed by atoms with van der Waals surface area (Å²) in [5, 5.41) is 8.45. The van der Waals surface area contributed by atoms with E-state index in [0.717, 1.165) is 11.8 Å². The summed E-state index contributed by atoms with van der Waals surface area (Å²) in [5.41, 5.74) is 2.24. The summed E-state index contributed by atoms with van der Waals surface area (Å²) in [4.78, 5) is 14.3. The first-order valence-corrected chi connectivity index (χ1v) is 4.55. The summed E-state index contributed by atoms with van der Waals surface area (Å²) in [6.07, 6.45) is 2.25. The van der Waals surface area contributed by atoms with Gasteiger partial charge in [0, 0.05) is 11.8 Å². The Hall–Kier alpha value is -2.47. The van der Waals surface area contributed by atoms with Gasteiger partial charge in [-0.05, 0) is 11.1 Å². The number of nitrogens with zero attached hydrogens (tertiary/aromatic N) is 2. The zero-order chi connectivity index (χ0) is 12.0. The molecule has 16 heavy (non-hydrogen) atoms. The van der Waals surface area contributed by atoms with E-state index in [1.54, 1.807) is 24.3 Å². The molecule has 78 valence electrons. The maximum absolute atomic E-state index is 10.4. The van der Waals surface area contributed by atoms with Crippen molar-refractivity contribution in [2.75, 3.05) is 0 Å². The molecule has 3 nitrogen and oxygen atoms in total. The van der Waals surface area contributed by atoms with Crippen LogP contribution < -0.4 is 0 Å². The predicted molar refractivity (Wildman–Crippen MR) is 64.1 cm³/mol. The molecule has 0 bridgehead atoms. The summed E-state index contributed by atoms with van der Waals surface area (Å²) in [6.45, 7) is 7.22. The van der Waals surface area contributed by atoms with Crippen molar-refractivity contribution in [2.45, 2.75) is 0 Å². The maximum atomic E-state index is 10.4. The van der Waals surface area contributed by atoms with Crippen molar-refractivity contribution in [1.82, 2.24) is 0 Å². The summed E-state index contributed by atoms with van der Waals surface area (Å²) in [7, 11) is 0. The molecular weight excluding hydrogens is 200 g/mol. The first-order valence-electron chi connectivity index (χ1n) is 4.55. The van der Waals surface area contributed by atoms with E-state index in [-0.39, 0.29) is 5.70 Å². The molecule has 0 atom stereocenters. The summed E-state index contributed by atoms with van der Waals surface area (Å²) in [5.74, 6) is 0. The quantitative estimate of drug-likeness (QED) is 0.435. The Balaban J connectivity index is 2.82. The van der Waals surface area contributed by atoms with Crippen LogP contribution >= 0.6 is 0 Å². The molecule has 0 saturated carbocycles. The predicted octanol–water partition coefficient (Wildman–Crippen LogP) is 2.62. The number of carbonyl (C=O) groups is 1. The lowest BCUT2D eigenvalue weighted by Crippen LogP contribution is -1.86. The van der Waals surface area contributed by atoms with Gasteiger partial charge >= 0.3 is 0 Å². The number of hydrogen-bond acceptors (Lipinski definition) is 3. The van der Waals surface area contributed by atoms with E-state index >= 15 is 0 Å². The lowest BCUT2D eigenvalue weighted by atomic mass is 10.1. The third-order valence-electron chi connectivity index (χ3n) is 1.92. The third kappa shape index (κ3) is 3.03. The molecule has 0 fully saturated rings. The molecule has 0 saturated heterocycles. The van der Waals surface area contributed by atoms with Gasteiger partial charge in [-0.15, -0.1) is 0 Å². The zero-order valence-electron chi connectivity index (χ0n) is 8.68. The van der Waals surface area contributed by atoms with E-state index < -0.39 is 0 Å². The van der Waals surface area contributed by atoms with Gasteiger partial charge in [-0.1, -0.05) is 37.4 Å².